The molecule has 412 valence electrons. The Labute approximate surface area is 447 Å². The van der Waals surface area contributed by atoms with Crippen LogP contribution in [0.4, 0.5) is 0 Å². The highest BCUT2D eigenvalue weighted by molar-refractivity contribution is 5.89. The zero-order valence-electron chi connectivity index (χ0n) is 46.1. The first-order chi connectivity index (χ1) is 36.2. The number of unbranched alkanes of at least 4 members (excludes halogenated alkanes) is 12. The lowest BCUT2D eigenvalue weighted by atomic mass is 9.84. The highest BCUT2D eigenvalue weighted by atomic mass is 16.6. The normalized spacial score (nSPS) is 17.9. The molecule has 2 fully saturated rings. The van der Waals surface area contributed by atoms with Gasteiger partial charge in [0.25, 0.3) is 0 Å². The molecule has 1 saturated carbocycles. The molecule has 3 rings (SSSR count). The van der Waals surface area contributed by atoms with Gasteiger partial charge in [0.2, 0.25) is 5.91 Å². The molecule has 1 aliphatic carbocycles. The Balaban J connectivity index is 1.56. The van der Waals surface area contributed by atoms with Crippen LogP contribution in [0.1, 0.15) is 200 Å². The number of aryl methyl sites for hydroxylation is 1. The van der Waals surface area contributed by atoms with Crippen LogP contribution in [0.5, 0.6) is 0 Å². The van der Waals surface area contributed by atoms with Crippen molar-refractivity contribution in [2.45, 2.75) is 231 Å². The van der Waals surface area contributed by atoms with Gasteiger partial charge < -0.3 is 23.8 Å². The Kier molecular flexibility index (Phi) is 35.3. The fourth-order valence-corrected chi connectivity index (χ4v) is 9.63. The van der Waals surface area contributed by atoms with E-state index in [4.69, 9.17) is 18.9 Å². The van der Waals surface area contributed by atoms with Crippen LogP contribution in [-0.2, 0) is 49.3 Å². The molecule has 0 aromatic heterocycles. The zero-order valence-corrected chi connectivity index (χ0v) is 46.1. The number of hydrogen-bond donors (Lipinski definition) is 1. The fraction of sp³-hybridized carbons (Fsp3) is 0.635. The predicted molar refractivity (Wildman–Crippen MR) is 299 cm³/mol. The summed E-state index contributed by atoms with van der Waals surface area (Å²) in [6, 6.07) is 7.30. The number of hydrogen-bond acceptors (Lipinski definition) is 10. The first kappa shape index (κ1) is 63.3. The van der Waals surface area contributed by atoms with Crippen molar-refractivity contribution in [3.05, 3.63) is 109 Å². The summed E-state index contributed by atoms with van der Waals surface area (Å²) in [7, 11) is 0. The molecular weight excluding hydrogens is 929 g/mol. The Hall–Kier alpha value is -5.03. The number of nitrogens with one attached hydrogen (secondary N) is 1. The molecule has 11 heteroatoms. The summed E-state index contributed by atoms with van der Waals surface area (Å²) in [5.41, 5.74) is 1.07. The van der Waals surface area contributed by atoms with Crippen LogP contribution in [0.3, 0.4) is 0 Å². The third-order valence-corrected chi connectivity index (χ3v) is 13.8. The molecule has 1 unspecified atom stereocenters. The number of carbonyl (C=O) groups excluding carboxylic acids is 5. The van der Waals surface area contributed by atoms with E-state index in [9.17, 15) is 24.0 Å². The summed E-state index contributed by atoms with van der Waals surface area (Å²) in [5, 5.41) is 3.26. The number of nitrogens with zero attached hydrogens (tertiary/aromatic N) is 1. The molecule has 5 atom stereocenters. The first-order valence-electron chi connectivity index (χ1n) is 28.9. The molecule has 11 nitrogen and oxygen atoms in total. The van der Waals surface area contributed by atoms with Crippen molar-refractivity contribution in [3.8, 4) is 0 Å². The average molecular weight is 1030 g/mol. The number of rotatable bonds is 40. The van der Waals surface area contributed by atoms with Gasteiger partial charge in [-0.05, 0) is 122 Å². The largest absolute Gasteiger partial charge is 0.465 e. The number of allylic oxidation sites excluding steroid dienone is 12. The van der Waals surface area contributed by atoms with Crippen LogP contribution in [0.25, 0.3) is 0 Å². The smallest absolute Gasteiger partial charge is 0.329 e. The number of fused-ring (bicyclic) bond motifs is 1. The Bertz CT molecular complexity index is 1820. The summed E-state index contributed by atoms with van der Waals surface area (Å²) in [6.45, 7) is 7.53. The highest BCUT2D eigenvalue weighted by Crippen LogP contribution is 2.40. The number of esters is 4. The number of benzene rings is 1. The molecule has 0 spiro atoms. The number of likely N-dealkylation sites (tertiary alicyclic amines) is 1. The second kappa shape index (κ2) is 41.2. The van der Waals surface area contributed by atoms with Gasteiger partial charge in [-0.15, -0.1) is 0 Å². The minimum Gasteiger partial charge on any atom is -0.465 e. The Morgan fingerprint density at radius 2 is 1.18 bits per heavy atom. The molecule has 1 amide bonds. The quantitative estimate of drug-likeness (QED) is 0.0222. The minimum absolute atomic E-state index is 0.119. The number of amides is 1. The lowest BCUT2D eigenvalue weighted by molar-refractivity contribution is -0.171. The number of ether oxygens (including phenoxy) is 4. The molecule has 2 aliphatic rings. The van der Waals surface area contributed by atoms with Gasteiger partial charge in [-0.1, -0.05) is 181 Å². The molecule has 1 N–H and O–H groups in total. The maximum atomic E-state index is 14.5. The predicted octanol–water partition coefficient (Wildman–Crippen LogP) is 13.9. The van der Waals surface area contributed by atoms with Gasteiger partial charge in [-0.2, -0.15) is 0 Å². The first-order valence-corrected chi connectivity index (χ1v) is 28.9. The molecule has 0 radical (unpaired) electrons. The van der Waals surface area contributed by atoms with Crippen molar-refractivity contribution in [3.63, 3.8) is 0 Å². The van der Waals surface area contributed by atoms with Crippen molar-refractivity contribution >= 4 is 29.8 Å². The summed E-state index contributed by atoms with van der Waals surface area (Å²) >= 11 is 0. The fourth-order valence-electron chi connectivity index (χ4n) is 9.63. The molecule has 1 saturated heterocycles. The topological polar surface area (TPSA) is 138 Å². The average Bonchev–Trinajstić information content (AvgIpc) is 3.80. The van der Waals surface area contributed by atoms with Crippen LogP contribution in [0.2, 0.25) is 0 Å². The zero-order chi connectivity index (χ0) is 53.3. The maximum Gasteiger partial charge on any atom is 0.329 e. The van der Waals surface area contributed by atoms with Crippen molar-refractivity contribution < 1.29 is 42.9 Å². The molecule has 74 heavy (non-hydrogen) atoms. The maximum absolute atomic E-state index is 14.5. The third-order valence-electron chi connectivity index (χ3n) is 13.8. The molecule has 1 aromatic carbocycles. The van der Waals surface area contributed by atoms with Gasteiger partial charge in [0.05, 0.1) is 12.6 Å². The van der Waals surface area contributed by atoms with Gasteiger partial charge in [0, 0.05) is 18.9 Å². The lowest BCUT2D eigenvalue weighted by Gasteiger charge is -2.36. The Morgan fingerprint density at radius 3 is 1.74 bits per heavy atom. The summed E-state index contributed by atoms with van der Waals surface area (Å²) in [6.07, 6.45) is 48.6. The van der Waals surface area contributed by atoms with Crippen LogP contribution >= 0.6 is 0 Å². The van der Waals surface area contributed by atoms with E-state index in [-0.39, 0.29) is 50.5 Å². The van der Waals surface area contributed by atoms with E-state index in [1.165, 1.54) is 0 Å². The van der Waals surface area contributed by atoms with Crippen LogP contribution < -0.4 is 5.32 Å². The Morgan fingerprint density at radius 1 is 0.635 bits per heavy atom. The molecule has 1 aliphatic heterocycles. The van der Waals surface area contributed by atoms with Crippen LogP contribution in [-0.4, -0.2) is 84.8 Å². The van der Waals surface area contributed by atoms with E-state index in [1.54, 1.807) is 18.7 Å². The molecule has 0 bridgehead atoms. The summed E-state index contributed by atoms with van der Waals surface area (Å²) in [5.74, 6) is -1.99. The van der Waals surface area contributed by atoms with E-state index in [2.05, 4.69) is 92.1 Å². The minimum atomic E-state index is -1.04. The van der Waals surface area contributed by atoms with E-state index in [0.717, 1.165) is 134 Å². The third kappa shape index (κ3) is 28.0. The molecular formula is C63H96N2O9. The second-order valence-electron chi connectivity index (χ2n) is 20.1. The van der Waals surface area contributed by atoms with Gasteiger partial charge >= 0.3 is 23.9 Å². The van der Waals surface area contributed by atoms with Crippen LogP contribution in [0.15, 0.2) is 103 Å². The van der Waals surface area contributed by atoms with Gasteiger partial charge in [-0.3, -0.25) is 24.5 Å². The summed E-state index contributed by atoms with van der Waals surface area (Å²) in [4.78, 5) is 69.8. The van der Waals surface area contributed by atoms with Crippen molar-refractivity contribution in [2.75, 3.05) is 19.8 Å². The van der Waals surface area contributed by atoms with E-state index in [0.29, 0.717) is 32.1 Å². The molecule has 1 heterocycles. The summed E-state index contributed by atoms with van der Waals surface area (Å²) < 4.78 is 22.9. The highest BCUT2D eigenvalue weighted by Gasteiger charge is 2.49. The van der Waals surface area contributed by atoms with Gasteiger partial charge in [0.1, 0.15) is 25.3 Å². The standard InChI is InChI=1S/C63H96N2O9/c1-5-8-10-12-14-16-18-20-22-24-26-28-30-32-37-45-59(66)72-50-55(51-73-60(67)46-38-33-31-29-27-25-23-21-19-17-15-13-11-9-6-2)74-63(70)58-49-54-43-39-40-44-57(54)65(58)61(68)52(4)64-56(62(69)71-7-3)48-47-53-41-35-34-36-42-53/h10-17,20-23,34-36,41-42,52,54-58,64H,5-9,18-19,24-33,37-40,43-51H2,1-4H3/b12-10-,13-11-,16-14-,17-15-,22-20-,23-21-/t52-,54-,56-,57-,58?/m0/s1. The molecule has 1 aromatic rings. The monoisotopic (exact) mass is 1020 g/mol. The van der Waals surface area contributed by atoms with E-state index in [1.807, 2.05) is 30.3 Å². The van der Waals surface area contributed by atoms with Crippen molar-refractivity contribution in [1.82, 2.24) is 10.2 Å². The lowest BCUT2D eigenvalue weighted by Crippen LogP contribution is -2.56. The van der Waals surface area contributed by atoms with E-state index >= 15 is 0 Å². The number of carbonyl (C=O) groups is 5. The van der Waals surface area contributed by atoms with Gasteiger partial charge in [0.15, 0.2) is 6.10 Å². The second-order valence-corrected chi connectivity index (χ2v) is 20.1. The van der Waals surface area contributed by atoms with Crippen LogP contribution in [0, 0.1) is 5.92 Å². The van der Waals surface area contributed by atoms with Crippen molar-refractivity contribution in [1.29, 1.82) is 0 Å². The SMILES string of the molecule is CCC/C=C\C=C/C/C=C\CCCCCCCC(=O)OCC(COC(=O)CCCCCCC/C=C\C/C=C\C=C/CCC)OC(=O)C1C[C@@H]2CCCC[C@@H]2N1C(=O)[C@H](C)N[C@@H](CCc1ccccc1)C(=O)OCC. The van der Waals surface area contributed by atoms with Crippen molar-refractivity contribution in [2.24, 2.45) is 5.92 Å². The van der Waals surface area contributed by atoms with E-state index < -0.39 is 48.1 Å². The van der Waals surface area contributed by atoms with Gasteiger partial charge in [-0.25, -0.2) is 4.79 Å².